The lowest BCUT2D eigenvalue weighted by atomic mass is 9.95. The minimum atomic E-state index is 0.0638. The average Bonchev–Trinajstić information content (AvgIpc) is 3.46. The number of thiophene rings is 1. The fourth-order valence-corrected chi connectivity index (χ4v) is 4.40. The van der Waals surface area contributed by atoms with Crippen molar-refractivity contribution in [2.75, 3.05) is 27.2 Å². The van der Waals surface area contributed by atoms with Crippen LogP contribution in [0.3, 0.4) is 0 Å². The first-order valence-corrected chi connectivity index (χ1v) is 11.0. The molecule has 0 radical (unpaired) electrons. The summed E-state index contributed by atoms with van der Waals surface area (Å²) < 4.78 is 10.6. The van der Waals surface area contributed by atoms with Gasteiger partial charge in [-0.1, -0.05) is 23.4 Å². The second-order valence-corrected chi connectivity index (χ2v) is 8.53. The van der Waals surface area contributed by atoms with Crippen LogP contribution < -0.4 is 4.74 Å². The minimum Gasteiger partial charge on any atom is -0.497 e. The van der Waals surface area contributed by atoms with Gasteiger partial charge in [0.15, 0.2) is 0 Å². The first kappa shape index (κ1) is 20.6. The molecule has 1 fully saturated rings. The van der Waals surface area contributed by atoms with Crippen LogP contribution >= 0.6 is 11.3 Å². The number of piperidine rings is 1. The van der Waals surface area contributed by atoms with Crippen molar-refractivity contribution in [3.05, 3.63) is 53.2 Å². The van der Waals surface area contributed by atoms with Crippen molar-refractivity contribution < 1.29 is 14.1 Å². The highest BCUT2D eigenvalue weighted by atomic mass is 32.1. The third-order valence-electron chi connectivity index (χ3n) is 5.46. The summed E-state index contributed by atoms with van der Waals surface area (Å²) in [5.41, 5.74) is 1.10. The van der Waals surface area contributed by atoms with Crippen molar-refractivity contribution >= 4 is 17.2 Å². The van der Waals surface area contributed by atoms with E-state index < -0.39 is 0 Å². The highest BCUT2D eigenvalue weighted by molar-refractivity contribution is 7.13. The summed E-state index contributed by atoms with van der Waals surface area (Å²) in [6.07, 6.45) is 1.69. The minimum absolute atomic E-state index is 0.0638. The van der Waals surface area contributed by atoms with E-state index in [0.717, 1.165) is 42.1 Å². The van der Waals surface area contributed by atoms with E-state index in [9.17, 15) is 4.79 Å². The molecule has 0 unspecified atom stereocenters. The van der Waals surface area contributed by atoms with Gasteiger partial charge in [-0.25, -0.2) is 0 Å². The number of rotatable bonds is 7. The molecular weight excluding hydrogens is 400 g/mol. The fourth-order valence-electron chi connectivity index (χ4n) is 3.75. The van der Waals surface area contributed by atoms with Gasteiger partial charge in [0.1, 0.15) is 5.75 Å². The molecule has 8 heteroatoms. The molecule has 7 nitrogen and oxygen atoms in total. The van der Waals surface area contributed by atoms with Gasteiger partial charge in [-0.3, -0.25) is 9.69 Å². The Kier molecular flexibility index (Phi) is 6.44. The quantitative estimate of drug-likeness (QED) is 0.574. The van der Waals surface area contributed by atoms with Gasteiger partial charge in [-0.15, -0.1) is 11.3 Å². The molecule has 0 saturated carbocycles. The molecule has 0 bridgehead atoms. The van der Waals surface area contributed by atoms with Crippen molar-refractivity contribution in [1.29, 1.82) is 0 Å². The number of likely N-dealkylation sites (tertiary alicyclic amines) is 1. The Morgan fingerprint density at radius 3 is 2.70 bits per heavy atom. The van der Waals surface area contributed by atoms with Gasteiger partial charge < -0.3 is 14.2 Å². The van der Waals surface area contributed by atoms with Crippen molar-refractivity contribution in [1.82, 2.24) is 19.9 Å². The number of nitrogens with zero attached hydrogens (tertiary/aromatic N) is 4. The zero-order valence-electron chi connectivity index (χ0n) is 17.3. The molecule has 2 aromatic heterocycles. The van der Waals surface area contributed by atoms with Crippen LogP contribution in [0.1, 0.15) is 24.3 Å². The van der Waals surface area contributed by atoms with Crippen LogP contribution in [-0.4, -0.2) is 53.1 Å². The molecule has 0 aliphatic carbocycles. The SMILES string of the molecule is COc1ccc(CN(C)C(=O)C2CCN(Cc3nc(-c4cccs4)no3)CC2)cc1. The van der Waals surface area contributed by atoms with E-state index in [1.165, 1.54) is 0 Å². The summed E-state index contributed by atoms with van der Waals surface area (Å²) in [4.78, 5) is 22.5. The third-order valence-corrected chi connectivity index (χ3v) is 6.33. The largest absolute Gasteiger partial charge is 0.497 e. The Hall–Kier alpha value is -2.71. The molecule has 3 heterocycles. The molecule has 1 amide bonds. The van der Waals surface area contributed by atoms with Crippen molar-refractivity contribution in [2.24, 2.45) is 5.92 Å². The Bertz CT molecular complexity index is 947. The number of methoxy groups -OCH3 is 1. The average molecular weight is 427 g/mol. The number of benzene rings is 1. The van der Waals surface area contributed by atoms with Crippen molar-refractivity contribution in [2.45, 2.75) is 25.9 Å². The molecule has 1 saturated heterocycles. The molecule has 158 valence electrons. The Morgan fingerprint density at radius 1 is 1.27 bits per heavy atom. The Labute approximate surface area is 180 Å². The van der Waals surface area contributed by atoms with Crippen LogP contribution in [0.4, 0.5) is 0 Å². The highest BCUT2D eigenvalue weighted by Crippen LogP contribution is 2.24. The zero-order valence-corrected chi connectivity index (χ0v) is 18.1. The zero-order chi connectivity index (χ0) is 20.9. The number of ether oxygens (including phenoxy) is 1. The van der Waals surface area contributed by atoms with Crippen molar-refractivity contribution in [3.8, 4) is 16.5 Å². The van der Waals surface area contributed by atoms with Gasteiger partial charge >= 0.3 is 0 Å². The van der Waals surface area contributed by atoms with Crippen LogP contribution in [0.2, 0.25) is 0 Å². The number of amides is 1. The van der Waals surface area contributed by atoms with Gasteiger partial charge in [0.2, 0.25) is 17.6 Å². The molecule has 30 heavy (non-hydrogen) atoms. The first-order valence-electron chi connectivity index (χ1n) is 10.1. The van der Waals surface area contributed by atoms with Gasteiger partial charge in [0.25, 0.3) is 0 Å². The van der Waals surface area contributed by atoms with Gasteiger partial charge in [-0.05, 0) is 55.1 Å². The summed E-state index contributed by atoms with van der Waals surface area (Å²) in [7, 11) is 3.53. The van der Waals surface area contributed by atoms with Gasteiger partial charge in [-0.2, -0.15) is 4.98 Å². The Morgan fingerprint density at radius 2 is 2.03 bits per heavy atom. The number of carbonyl (C=O) groups is 1. The second-order valence-electron chi connectivity index (χ2n) is 7.58. The van der Waals surface area contributed by atoms with Crippen molar-refractivity contribution in [3.63, 3.8) is 0 Å². The summed E-state index contributed by atoms with van der Waals surface area (Å²) in [6.45, 7) is 2.94. The maximum atomic E-state index is 12.9. The number of hydrogen-bond acceptors (Lipinski definition) is 7. The van der Waals surface area contributed by atoms with E-state index in [1.54, 1.807) is 18.4 Å². The van der Waals surface area contributed by atoms with E-state index in [0.29, 0.717) is 24.8 Å². The van der Waals surface area contributed by atoms with E-state index in [2.05, 4.69) is 15.0 Å². The molecule has 3 aromatic rings. The van der Waals surface area contributed by atoms with Crippen LogP contribution in [0.25, 0.3) is 10.7 Å². The fraction of sp³-hybridized carbons (Fsp3) is 0.409. The normalized spacial score (nSPS) is 15.3. The first-order chi connectivity index (χ1) is 14.6. The molecule has 0 N–H and O–H groups in total. The molecular formula is C22H26N4O3S. The molecule has 1 aliphatic heterocycles. The van der Waals surface area contributed by atoms with E-state index in [-0.39, 0.29) is 11.8 Å². The lowest BCUT2D eigenvalue weighted by Gasteiger charge is -2.32. The lowest BCUT2D eigenvalue weighted by molar-refractivity contribution is -0.136. The lowest BCUT2D eigenvalue weighted by Crippen LogP contribution is -2.40. The molecule has 1 aromatic carbocycles. The van der Waals surface area contributed by atoms with Crippen LogP contribution in [0.5, 0.6) is 5.75 Å². The standard InChI is InChI=1S/C22H26N4O3S/c1-25(14-16-5-7-18(28-2)8-6-16)22(27)17-9-11-26(12-10-17)15-20-23-21(24-29-20)19-4-3-13-30-19/h3-8,13,17H,9-12,14-15H2,1-2H3. The van der Waals surface area contributed by atoms with Crippen LogP contribution in [-0.2, 0) is 17.9 Å². The number of carbonyl (C=O) groups excluding carboxylic acids is 1. The molecule has 4 rings (SSSR count). The number of aromatic nitrogens is 2. The monoisotopic (exact) mass is 426 g/mol. The van der Waals surface area contributed by atoms with Gasteiger partial charge in [0.05, 0.1) is 18.5 Å². The second kappa shape index (κ2) is 9.40. The Balaban J connectivity index is 1.25. The predicted molar refractivity (Wildman–Crippen MR) is 115 cm³/mol. The van der Waals surface area contributed by atoms with E-state index >= 15 is 0 Å². The summed E-state index contributed by atoms with van der Waals surface area (Å²) >= 11 is 1.60. The predicted octanol–water partition coefficient (Wildman–Crippen LogP) is 3.68. The van der Waals surface area contributed by atoms with E-state index in [1.807, 2.05) is 53.7 Å². The third kappa shape index (κ3) is 4.88. The highest BCUT2D eigenvalue weighted by Gasteiger charge is 2.28. The molecule has 0 spiro atoms. The van der Waals surface area contributed by atoms with E-state index in [4.69, 9.17) is 9.26 Å². The summed E-state index contributed by atoms with van der Waals surface area (Å²) in [6, 6.07) is 11.8. The molecule has 1 aliphatic rings. The smallest absolute Gasteiger partial charge is 0.241 e. The maximum absolute atomic E-state index is 12.9. The maximum Gasteiger partial charge on any atom is 0.241 e. The number of hydrogen-bond donors (Lipinski definition) is 0. The van der Waals surface area contributed by atoms with Crippen LogP contribution in [0.15, 0.2) is 46.3 Å². The topological polar surface area (TPSA) is 71.7 Å². The van der Waals surface area contributed by atoms with Crippen LogP contribution in [0, 0.1) is 5.92 Å². The summed E-state index contributed by atoms with van der Waals surface area (Å²) in [5.74, 6) is 2.37. The summed E-state index contributed by atoms with van der Waals surface area (Å²) in [5, 5.41) is 6.07. The molecule has 0 atom stereocenters. The van der Waals surface area contributed by atoms with Gasteiger partial charge in [0, 0.05) is 19.5 Å².